The van der Waals surface area contributed by atoms with Crippen LogP contribution in [0.5, 0.6) is 0 Å². The Morgan fingerprint density at radius 3 is 2.64 bits per heavy atom. The topological polar surface area (TPSA) is 81.4 Å². The molecular formula is C19H19FN2O3. The molecule has 0 aromatic heterocycles. The molecule has 0 saturated carbocycles. The number of carbonyl (C=O) groups excluding carboxylic acids is 2. The third-order valence-corrected chi connectivity index (χ3v) is 3.37. The molecule has 2 rings (SSSR count). The van der Waals surface area contributed by atoms with Gasteiger partial charge in [0.2, 0.25) is 5.91 Å². The normalized spacial score (nSPS) is 10.6. The number of hydrogen-bond donors (Lipinski definition) is 2. The zero-order valence-electron chi connectivity index (χ0n) is 13.6. The summed E-state index contributed by atoms with van der Waals surface area (Å²) in [5.74, 6) is -1.07. The van der Waals surface area contributed by atoms with Crippen molar-refractivity contribution in [3.8, 4) is 0 Å². The molecule has 0 fully saturated rings. The zero-order chi connectivity index (χ0) is 18.1. The van der Waals surface area contributed by atoms with Gasteiger partial charge in [-0.3, -0.25) is 4.79 Å². The van der Waals surface area contributed by atoms with Gasteiger partial charge in [-0.15, -0.1) is 0 Å². The van der Waals surface area contributed by atoms with E-state index in [0.717, 1.165) is 5.56 Å². The molecule has 0 radical (unpaired) electrons. The predicted octanol–water partition coefficient (Wildman–Crippen LogP) is 3.25. The van der Waals surface area contributed by atoms with E-state index in [1.807, 2.05) is 30.3 Å². The van der Waals surface area contributed by atoms with Crippen molar-refractivity contribution >= 4 is 18.1 Å². The molecule has 2 aromatic rings. The highest BCUT2D eigenvalue weighted by atomic mass is 19.1. The van der Waals surface area contributed by atoms with Gasteiger partial charge in [0, 0.05) is 12.1 Å². The molecule has 0 bridgehead atoms. The Labute approximate surface area is 145 Å². The van der Waals surface area contributed by atoms with Crippen molar-refractivity contribution in [3.05, 3.63) is 77.1 Å². The Morgan fingerprint density at radius 1 is 1.16 bits per heavy atom. The van der Waals surface area contributed by atoms with Gasteiger partial charge in [0.05, 0.1) is 0 Å². The maximum absolute atomic E-state index is 13.3. The van der Waals surface area contributed by atoms with E-state index in [1.54, 1.807) is 12.2 Å². The molecule has 0 spiro atoms. The van der Waals surface area contributed by atoms with Gasteiger partial charge in [-0.2, -0.15) is 0 Å². The van der Waals surface area contributed by atoms with Crippen LogP contribution < -0.4 is 11.1 Å². The van der Waals surface area contributed by atoms with Crippen LogP contribution in [0, 0.1) is 5.82 Å². The Morgan fingerprint density at radius 2 is 1.92 bits per heavy atom. The van der Waals surface area contributed by atoms with E-state index in [9.17, 15) is 14.0 Å². The highest BCUT2D eigenvalue weighted by Crippen LogP contribution is 2.13. The van der Waals surface area contributed by atoms with Gasteiger partial charge in [-0.1, -0.05) is 42.5 Å². The molecular weight excluding hydrogens is 323 g/mol. The molecule has 0 heterocycles. The van der Waals surface area contributed by atoms with Crippen LogP contribution >= 0.6 is 0 Å². The van der Waals surface area contributed by atoms with Crippen molar-refractivity contribution in [1.82, 2.24) is 5.32 Å². The van der Waals surface area contributed by atoms with Crippen LogP contribution in [0.25, 0.3) is 6.08 Å². The first-order chi connectivity index (χ1) is 12.1. The second kappa shape index (κ2) is 9.22. The van der Waals surface area contributed by atoms with Gasteiger partial charge < -0.3 is 15.8 Å². The number of amides is 2. The van der Waals surface area contributed by atoms with Gasteiger partial charge >= 0.3 is 6.09 Å². The van der Waals surface area contributed by atoms with Crippen molar-refractivity contribution in [1.29, 1.82) is 0 Å². The fourth-order valence-corrected chi connectivity index (χ4v) is 2.14. The SMILES string of the molecule is NC(=O)c1ccc(F)cc1C=CCCNC(=O)OCc1ccccc1. The lowest BCUT2D eigenvalue weighted by Crippen LogP contribution is -2.24. The minimum absolute atomic E-state index is 0.202. The first kappa shape index (κ1) is 18.2. The van der Waals surface area contributed by atoms with E-state index in [4.69, 9.17) is 10.5 Å². The Kier molecular flexibility index (Phi) is 6.71. The number of nitrogens with two attached hydrogens (primary N) is 1. The Balaban J connectivity index is 1.75. The molecule has 2 amide bonds. The third-order valence-electron chi connectivity index (χ3n) is 3.37. The van der Waals surface area contributed by atoms with Crippen LogP contribution in [0.15, 0.2) is 54.6 Å². The monoisotopic (exact) mass is 342 g/mol. The number of nitrogens with one attached hydrogen (secondary N) is 1. The quantitative estimate of drug-likeness (QED) is 0.758. The smallest absolute Gasteiger partial charge is 0.407 e. The summed E-state index contributed by atoms with van der Waals surface area (Å²) in [5, 5.41) is 2.61. The number of alkyl carbamates (subject to hydrolysis) is 1. The number of ether oxygens (including phenoxy) is 1. The minimum atomic E-state index is -0.623. The molecule has 5 nitrogen and oxygen atoms in total. The van der Waals surface area contributed by atoms with Crippen molar-refractivity contribution in [3.63, 3.8) is 0 Å². The molecule has 2 aromatic carbocycles. The molecule has 3 N–H and O–H groups in total. The predicted molar refractivity (Wildman–Crippen MR) is 93.2 cm³/mol. The Hall–Kier alpha value is -3.15. The van der Waals surface area contributed by atoms with Crippen LogP contribution in [0.4, 0.5) is 9.18 Å². The average molecular weight is 342 g/mol. The van der Waals surface area contributed by atoms with Crippen molar-refractivity contribution in [2.24, 2.45) is 5.73 Å². The summed E-state index contributed by atoms with van der Waals surface area (Å²) >= 11 is 0. The summed E-state index contributed by atoms with van der Waals surface area (Å²) in [4.78, 5) is 22.9. The van der Waals surface area contributed by atoms with Crippen LogP contribution in [-0.2, 0) is 11.3 Å². The van der Waals surface area contributed by atoms with Gasteiger partial charge in [0.15, 0.2) is 0 Å². The molecule has 0 atom stereocenters. The lowest BCUT2D eigenvalue weighted by molar-refractivity contribution is 0.1000. The zero-order valence-corrected chi connectivity index (χ0v) is 13.6. The van der Waals surface area contributed by atoms with Crippen LogP contribution in [0.2, 0.25) is 0 Å². The van der Waals surface area contributed by atoms with Crippen LogP contribution in [0.1, 0.15) is 27.9 Å². The van der Waals surface area contributed by atoms with E-state index in [0.29, 0.717) is 18.5 Å². The highest BCUT2D eigenvalue weighted by Gasteiger charge is 2.06. The van der Waals surface area contributed by atoms with E-state index in [1.165, 1.54) is 18.2 Å². The molecule has 0 aliphatic carbocycles. The first-order valence-corrected chi connectivity index (χ1v) is 7.76. The highest BCUT2D eigenvalue weighted by molar-refractivity contribution is 5.96. The standard InChI is InChI=1S/C19H19FN2O3/c20-16-9-10-17(18(21)23)15(12-16)8-4-5-11-22-19(24)25-13-14-6-2-1-3-7-14/h1-4,6-10,12H,5,11,13H2,(H2,21,23)(H,22,24). The number of benzene rings is 2. The van der Waals surface area contributed by atoms with E-state index >= 15 is 0 Å². The number of carbonyl (C=O) groups is 2. The second-order valence-corrected chi connectivity index (χ2v) is 5.28. The van der Waals surface area contributed by atoms with Gasteiger partial charge in [-0.25, -0.2) is 9.18 Å². The van der Waals surface area contributed by atoms with E-state index in [-0.39, 0.29) is 12.2 Å². The molecule has 0 aliphatic rings. The van der Waals surface area contributed by atoms with Crippen molar-refractivity contribution in [2.45, 2.75) is 13.0 Å². The van der Waals surface area contributed by atoms with Gasteiger partial charge in [0.25, 0.3) is 0 Å². The summed E-state index contributed by atoms with van der Waals surface area (Å²) in [5.41, 5.74) is 6.80. The largest absolute Gasteiger partial charge is 0.445 e. The van der Waals surface area contributed by atoms with Crippen LogP contribution in [-0.4, -0.2) is 18.5 Å². The van der Waals surface area contributed by atoms with E-state index in [2.05, 4.69) is 5.32 Å². The maximum Gasteiger partial charge on any atom is 0.407 e. The van der Waals surface area contributed by atoms with E-state index < -0.39 is 17.8 Å². The summed E-state index contributed by atoms with van der Waals surface area (Å²) in [6, 6.07) is 13.1. The summed E-state index contributed by atoms with van der Waals surface area (Å²) < 4.78 is 18.3. The first-order valence-electron chi connectivity index (χ1n) is 7.76. The molecule has 0 aliphatic heterocycles. The van der Waals surface area contributed by atoms with Crippen molar-refractivity contribution in [2.75, 3.05) is 6.54 Å². The minimum Gasteiger partial charge on any atom is -0.445 e. The van der Waals surface area contributed by atoms with Crippen LogP contribution in [0.3, 0.4) is 0 Å². The average Bonchev–Trinajstić information content (AvgIpc) is 2.60. The molecule has 25 heavy (non-hydrogen) atoms. The van der Waals surface area contributed by atoms with Gasteiger partial charge in [0.1, 0.15) is 12.4 Å². The molecule has 130 valence electrons. The fourth-order valence-electron chi connectivity index (χ4n) is 2.14. The number of hydrogen-bond acceptors (Lipinski definition) is 3. The fraction of sp³-hybridized carbons (Fsp3) is 0.158. The van der Waals surface area contributed by atoms with Gasteiger partial charge in [-0.05, 0) is 35.7 Å². The van der Waals surface area contributed by atoms with Crippen molar-refractivity contribution < 1.29 is 18.7 Å². The summed E-state index contributed by atoms with van der Waals surface area (Å²) in [6.45, 7) is 0.555. The number of halogens is 1. The Bertz CT molecular complexity index is 761. The molecule has 6 heteroatoms. The lowest BCUT2D eigenvalue weighted by atomic mass is 10.1. The lowest BCUT2D eigenvalue weighted by Gasteiger charge is -2.06. The third kappa shape index (κ3) is 6.10. The maximum atomic E-state index is 13.3. The number of rotatable bonds is 7. The molecule has 0 saturated heterocycles. The second-order valence-electron chi connectivity index (χ2n) is 5.28. The summed E-state index contributed by atoms with van der Waals surface area (Å²) in [7, 11) is 0. The molecule has 0 unspecified atom stereocenters. The number of primary amides is 1. The summed E-state index contributed by atoms with van der Waals surface area (Å²) in [6.07, 6.45) is 3.30.